The van der Waals surface area contributed by atoms with Crippen LogP contribution in [-0.4, -0.2) is 18.2 Å². The van der Waals surface area contributed by atoms with Crippen LogP contribution in [0.5, 0.6) is 0 Å². The molecule has 0 N–H and O–H groups in total. The zero-order valence-corrected chi connectivity index (χ0v) is 9.35. The zero-order chi connectivity index (χ0) is 10.3. The van der Waals surface area contributed by atoms with Gasteiger partial charge in [-0.1, -0.05) is 0 Å². The molecule has 1 heterocycles. The van der Waals surface area contributed by atoms with Crippen molar-refractivity contribution < 1.29 is 8.42 Å². The second-order valence-electron chi connectivity index (χ2n) is 3.63. The average molecular weight is 235 g/mol. The van der Waals surface area contributed by atoms with Crippen LogP contribution >= 0.6 is 10.7 Å². The molecule has 0 spiro atoms. The van der Waals surface area contributed by atoms with E-state index >= 15 is 0 Å². The molecule has 78 valence electrons. The summed E-state index contributed by atoms with van der Waals surface area (Å²) in [5.74, 6) is -0.132. The standard InChI is InChI=1S/C8H11ClN2O2S/c1-6-7(5-14(9,12)13)4-11(10-6)8-2-3-8/h4,8H,2-3,5H2,1H3. The first-order valence-electron chi connectivity index (χ1n) is 4.43. The predicted molar refractivity (Wildman–Crippen MR) is 53.7 cm³/mol. The van der Waals surface area contributed by atoms with Gasteiger partial charge in [0.1, 0.15) is 0 Å². The molecular weight excluding hydrogens is 224 g/mol. The molecule has 0 unspecified atom stereocenters. The van der Waals surface area contributed by atoms with E-state index in [1.54, 1.807) is 13.1 Å². The van der Waals surface area contributed by atoms with Crippen molar-refractivity contribution in [3.05, 3.63) is 17.5 Å². The van der Waals surface area contributed by atoms with E-state index in [1.807, 2.05) is 4.68 Å². The molecule has 0 amide bonds. The normalized spacial score (nSPS) is 17.3. The molecule has 1 aliphatic rings. The van der Waals surface area contributed by atoms with Crippen LogP contribution < -0.4 is 0 Å². The highest BCUT2D eigenvalue weighted by Crippen LogP contribution is 2.34. The van der Waals surface area contributed by atoms with Gasteiger partial charge in [-0.2, -0.15) is 5.10 Å². The summed E-state index contributed by atoms with van der Waals surface area (Å²) in [6.45, 7) is 1.80. The summed E-state index contributed by atoms with van der Waals surface area (Å²) in [4.78, 5) is 0. The minimum Gasteiger partial charge on any atom is -0.269 e. The van der Waals surface area contributed by atoms with Crippen LogP contribution in [0.15, 0.2) is 6.20 Å². The maximum absolute atomic E-state index is 10.9. The van der Waals surface area contributed by atoms with Gasteiger partial charge >= 0.3 is 0 Å². The first-order valence-corrected chi connectivity index (χ1v) is 6.90. The minimum atomic E-state index is -3.47. The Labute approximate surface area is 87.3 Å². The van der Waals surface area contributed by atoms with E-state index in [0.717, 1.165) is 18.5 Å². The van der Waals surface area contributed by atoms with Crippen LogP contribution in [0.2, 0.25) is 0 Å². The summed E-state index contributed by atoms with van der Waals surface area (Å²) >= 11 is 0. The second-order valence-corrected chi connectivity index (χ2v) is 6.41. The van der Waals surface area contributed by atoms with E-state index in [2.05, 4.69) is 5.10 Å². The Morgan fingerprint density at radius 3 is 2.79 bits per heavy atom. The topological polar surface area (TPSA) is 52.0 Å². The summed E-state index contributed by atoms with van der Waals surface area (Å²) < 4.78 is 23.6. The van der Waals surface area contributed by atoms with E-state index in [-0.39, 0.29) is 5.75 Å². The van der Waals surface area contributed by atoms with E-state index in [9.17, 15) is 8.42 Å². The highest BCUT2D eigenvalue weighted by molar-refractivity contribution is 8.13. The van der Waals surface area contributed by atoms with Gasteiger partial charge in [0.05, 0.1) is 17.5 Å². The third-order valence-electron chi connectivity index (χ3n) is 2.27. The first kappa shape index (κ1) is 9.98. The maximum Gasteiger partial charge on any atom is 0.236 e. The fourth-order valence-corrected chi connectivity index (χ4v) is 2.38. The van der Waals surface area contributed by atoms with Crippen molar-refractivity contribution in [2.24, 2.45) is 0 Å². The summed E-state index contributed by atoms with van der Waals surface area (Å²) in [6.07, 6.45) is 4.05. The van der Waals surface area contributed by atoms with Crippen LogP contribution in [0, 0.1) is 6.92 Å². The lowest BCUT2D eigenvalue weighted by molar-refractivity contribution is 0.608. The quantitative estimate of drug-likeness (QED) is 0.747. The van der Waals surface area contributed by atoms with E-state index < -0.39 is 9.05 Å². The number of nitrogens with zero attached hydrogens (tertiary/aromatic N) is 2. The minimum absolute atomic E-state index is 0.132. The summed E-state index contributed by atoms with van der Waals surface area (Å²) in [6, 6.07) is 0.473. The Morgan fingerprint density at radius 2 is 2.29 bits per heavy atom. The molecule has 1 saturated carbocycles. The van der Waals surface area contributed by atoms with Gasteiger partial charge in [0.2, 0.25) is 9.05 Å². The van der Waals surface area contributed by atoms with Crippen LogP contribution in [-0.2, 0) is 14.8 Å². The largest absolute Gasteiger partial charge is 0.269 e. The number of aromatic nitrogens is 2. The van der Waals surface area contributed by atoms with Gasteiger partial charge in [0.15, 0.2) is 0 Å². The number of halogens is 1. The fourth-order valence-electron chi connectivity index (χ4n) is 1.37. The van der Waals surface area contributed by atoms with Crippen molar-refractivity contribution in [3.8, 4) is 0 Å². The molecular formula is C8H11ClN2O2S. The van der Waals surface area contributed by atoms with Crippen molar-refractivity contribution in [1.29, 1.82) is 0 Å². The van der Waals surface area contributed by atoms with Crippen molar-refractivity contribution in [3.63, 3.8) is 0 Å². The molecule has 1 aromatic heterocycles. The molecule has 0 saturated heterocycles. The molecule has 1 aromatic rings. The molecule has 0 atom stereocenters. The van der Waals surface area contributed by atoms with Gasteiger partial charge in [-0.05, 0) is 19.8 Å². The third kappa shape index (κ3) is 2.27. The number of hydrogen-bond acceptors (Lipinski definition) is 3. The van der Waals surface area contributed by atoms with Gasteiger partial charge in [-0.15, -0.1) is 0 Å². The predicted octanol–water partition coefficient (Wildman–Crippen LogP) is 1.60. The van der Waals surface area contributed by atoms with Gasteiger partial charge < -0.3 is 0 Å². The Hall–Kier alpha value is -0.550. The SMILES string of the molecule is Cc1nn(C2CC2)cc1CS(=O)(=O)Cl. The molecule has 4 nitrogen and oxygen atoms in total. The molecule has 6 heteroatoms. The van der Waals surface area contributed by atoms with Crippen molar-refractivity contribution in [2.45, 2.75) is 31.6 Å². The molecule has 0 radical (unpaired) electrons. The molecule has 14 heavy (non-hydrogen) atoms. The van der Waals surface area contributed by atoms with Crippen LogP contribution in [0.4, 0.5) is 0 Å². The van der Waals surface area contributed by atoms with Gasteiger partial charge in [0.25, 0.3) is 0 Å². The van der Waals surface area contributed by atoms with Gasteiger partial charge in [0, 0.05) is 22.4 Å². The Morgan fingerprint density at radius 1 is 1.64 bits per heavy atom. The Balaban J connectivity index is 2.25. The van der Waals surface area contributed by atoms with Crippen molar-refractivity contribution in [1.82, 2.24) is 9.78 Å². The molecule has 0 aliphatic heterocycles. The number of rotatable bonds is 3. The third-order valence-corrected chi connectivity index (χ3v) is 3.25. The molecule has 0 bridgehead atoms. The lowest BCUT2D eigenvalue weighted by atomic mass is 10.3. The molecule has 1 aliphatic carbocycles. The maximum atomic E-state index is 10.9. The van der Waals surface area contributed by atoms with Gasteiger partial charge in [-0.25, -0.2) is 8.42 Å². The van der Waals surface area contributed by atoms with Crippen LogP contribution in [0.25, 0.3) is 0 Å². The Bertz CT molecular complexity index is 448. The van der Waals surface area contributed by atoms with E-state index in [0.29, 0.717) is 11.6 Å². The monoisotopic (exact) mass is 234 g/mol. The highest BCUT2D eigenvalue weighted by atomic mass is 35.7. The highest BCUT2D eigenvalue weighted by Gasteiger charge is 2.25. The average Bonchev–Trinajstić information content (AvgIpc) is 2.77. The number of aryl methyl sites for hydroxylation is 1. The van der Waals surface area contributed by atoms with E-state index in [4.69, 9.17) is 10.7 Å². The van der Waals surface area contributed by atoms with Crippen molar-refractivity contribution in [2.75, 3.05) is 0 Å². The lowest BCUT2D eigenvalue weighted by Gasteiger charge is -1.93. The second kappa shape index (κ2) is 3.24. The van der Waals surface area contributed by atoms with Gasteiger partial charge in [-0.3, -0.25) is 4.68 Å². The number of hydrogen-bond donors (Lipinski definition) is 0. The van der Waals surface area contributed by atoms with E-state index in [1.165, 1.54) is 0 Å². The van der Waals surface area contributed by atoms with Crippen LogP contribution in [0.3, 0.4) is 0 Å². The molecule has 1 fully saturated rings. The summed E-state index contributed by atoms with van der Waals surface area (Å²) in [5.41, 5.74) is 1.45. The Kier molecular flexibility index (Phi) is 2.31. The lowest BCUT2D eigenvalue weighted by Crippen LogP contribution is -1.95. The van der Waals surface area contributed by atoms with Crippen molar-refractivity contribution >= 4 is 19.7 Å². The molecule has 0 aromatic carbocycles. The smallest absolute Gasteiger partial charge is 0.236 e. The zero-order valence-electron chi connectivity index (χ0n) is 7.77. The summed E-state index contributed by atoms with van der Waals surface area (Å²) in [7, 11) is 1.71. The molecule has 2 rings (SSSR count). The summed E-state index contributed by atoms with van der Waals surface area (Å²) in [5, 5.41) is 4.25. The fraction of sp³-hybridized carbons (Fsp3) is 0.625. The van der Waals surface area contributed by atoms with Crippen LogP contribution in [0.1, 0.15) is 30.1 Å². The first-order chi connectivity index (χ1) is 6.46.